The molecule has 0 aromatic carbocycles. The third-order valence-corrected chi connectivity index (χ3v) is 5.68. The minimum Gasteiger partial charge on any atom is -0.458 e. The van der Waals surface area contributed by atoms with Crippen molar-refractivity contribution in [2.75, 3.05) is 0 Å². The second-order valence-electron chi connectivity index (χ2n) is 8.38. The molecule has 0 aromatic heterocycles. The van der Waals surface area contributed by atoms with Crippen LogP contribution in [0, 0.1) is 0 Å². The third-order valence-electron chi connectivity index (χ3n) is 5.68. The van der Waals surface area contributed by atoms with Crippen LogP contribution < -0.4 is 0 Å². The number of hydrogen-bond acceptors (Lipinski definition) is 4. The lowest BCUT2D eigenvalue weighted by Crippen LogP contribution is -2.37. The van der Waals surface area contributed by atoms with E-state index >= 15 is 0 Å². The predicted molar refractivity (Wildman–Crippen MR) is 114 cm³/mol. The van der Waals surface area contributed by atoms with Crippen molar-refractivity contribution in [3.8, 4) is 0 Å². The summed E-state index contributed by atoms with van der Waals surface area (Å²) < 4.78 is 11.4. The van der Waals surface area contributed by atoms with E-state index in [-0.39, 0.29) is 24.1 Å². The molecule has 0 amide bonds. The lowest BCUT2D eigenvalue weighted by molar-refractivity contribution is -0.171. The number of unbranched alkanes of at least 4 members (excludes halogenated alkanes) is 10. The van der Waals surface area contributed by atoms with Crippen LogP contribution in [0.5, 0.6) is 0 Å². The van der Waals surface area contributed by atoms with Crippen molar-refractivity contribution in [3.05, 3.63) is 0 Å². The minimum absolute atomic E-state index is 0.126. The van der Waals surface area contributed by atoms with Crippen LogP contribution in [0.15, 0.2) is 0 Å². The predicted octanol–water partition coefficient (Wildman–Crippen LogP) is 6.89. The van der Waals surface area contributed by atoms with E-state index in [1.807, 2.05) is 0 Å². The van der Waals surface area contributed by atoms with E-state index in [2.05, 4.69) is 13.8 Å². The quantitative estimate of drug-likeness (QED) is 0.211. The van der Waals surface area contributed by atoms with Gasteiger partial charge in [0.1, 0.15) is 12.2 Å². The lowest BCUT2D eigenvalue weighted by Gasteiger charge is -2.30. The highest BCUT2D eigenvalue weighted by atomic mass is 16.6. The van der Waals surface area contributed by atoms with Gasteiger partial charge in [0.05, 0.1) is 0 Å². The largest absolute Gasteiger partial charge is 0.458 e. The molecule has 4 nitrogen and oxygen atoms in total. The van der Waals surface area contributed by atoms with E-state index in [1.165, 1.54) is 51.4 Å². The van der Waals surface area contributed by atoms with Crippen LogP contribution in [-0.2, 0) is 19.1 Å². The van der Waals surface area contributed by atoms with Gasteiger partial charge in [-0.3, -0.25) is 9.59 Å². The normalized spacial score (nSPS) is 19.4. The molecule has 0 aromatic rings. The minimum atomic E-state index is -0.241. The smallest absolute Gasteiger partial charge is 0.306 e. The Morgan fingerprint density at radius 1 is 0.607 bits per heavy atom. The molecule has 0 N–H and O–H groups in total. The highest BCUT2D eigenvalue weighted by Gasteiger charge is 2.31. The van der Waals surface area contributed by atoms with Gasteiger partial charge < -0.3 is 9.47 Å². The summed E-state index contributed by atoms with van der Waals surface area (Å²) in [7, 11) is 0. The maximum atomic E-state index is 12.2. The van der Waals surface area contributed by atoms with Gasteiger partial charge in [-0.25, -0.2) is 0 Å². The maximum absolute atomic E-state index is 12.2. The fraction of sp³-hybridized carbons (Fsp3) is 0.917. The van der Waals surface area contributed by atoms with Crippen LogP contribution in [0.3, 0.4) is 0 Å². The van der Waals surface area contributed by atoms with Crippen LogP contribution in [0.1, 0.15) is 129 Å². The molecule has 164 valence electrons. The van der Waals surface area contributed by atoms with Crippen molar-refractivity contribution >= 4 is 11.9 Å². The molecular formula is C24H44O4. The van der Waals surface area contributed by atoms with Gasteiger partial charge in [-0.15, -0.1) is 0 Å². The fourth-order valence-electron chi connectivity index (χ4n) is 3.89. The fourth-order valence-corrected chi connectivity index (χ4v) is 3.89. The Morgan fingerprint density at radius 2 is 0.964 bits per heavy atom. The molecule has 28 heavy (non-hydrogen) atoms. The number of carbonyl (C=O) groups excluding carboxylic acids is 2. The first-order valence-corrected chi connectivity index (χ1v) is 12.1. The average molecular weight is 397 g/mol. The van der Waals surface area contributed by atoms with Crippen LogP contribution >= 0.6 is 0 Å². The number of rotatable bonds is 16. The zero-order valence-electron chi connectivity index (χ0n) is 18.5. The summed E-state index contributed by atoms with van der Waals surface area (Å²) in [6, 6.07) is 0. The Labute approximate surface area is 173 Å². The molecule has 0 bridgehead atoms. The van der Waals surface area contributed by atoms with Gasteiger partial charge in [0.2, 0.25) is 0 Å². The van der Waals surface area contributed by atoms with Gasteiger partial charge in [0.25, 0.3) is 0 Å². The highest BCUT2D eigenvalue weighted by molar-refractivity contribution is 5.70. The van der Waals surface area contributed by atoms with Gasteiger partial charge in [-0.2, -0.15) is 0 Å². The summed E-state index contributed by atoms with van der Waals surface area (Å²) in [5, 5.41) is 0. The van der Waals surface area contributed by atoms with Crippen molar-refractivity contribution in [1.82, 2.24) is 0 Å². The molecule has 1 aliphatic rings. The first kappa shape index (κ1) is 25.0. The first-order valence-electron chi connectivity index (χ1n) is 12.1. The Balaban J connectivity index is 2.21. The first-order chi connectivity index (χ1) is 13.7. The van der Waals surface area contributed by atoms with E-state index in [0.29, 0.717) is 12.8 Å². The molecule has 0 saturated heterocycles. The van der Waals surface area contributed by atoms with Gasteiger partial charge >= 0.3 is 11.9 Å². The van der Waals surface area contributed by atoms with Gasteiger partial charge in [0, 0.05) is 12.8 Å². The molecule has 0 radical (unpaired) electrons. The summed E-state index contributed by atoms with van der Waals surface area (Å²) in [5.74, 6) is -0.251. The standard InChI is InChI=1S/C24H44O4/c1-3-5-7-9-11-13-19-23(25)27-21-17-15-16-18-22(21)28-24(26)20-14-12-10-8-6-4-2/h21-22H,3-20H2,1-2H3. The topological polar surface area (TPSA) is 52.6 Å². The second kappa shape index (κ2) is 16.9. The molecule has 0 heterocycles. The maximum Gasteiger partial charge on any atom is 0.306 e. The second-order valence-corrected chi connectivity index (χ2v) is 8.38. The van der Waals surface area contributed by atoms with E-state index in [4.69, 9.17) is 9.47 Å². The number of esters is 2. The van der Waals surface area contributed by atoms with E-state index < -0.39 is 0 Å². The highest BCUT2D eigenvalue weighted by Crippen LogP contribution is 2.25. The summed E-state index contributed by atoms with van der Waals surface area (Å²) in [5.41, 5.74) is 0. The molecular weight excluding hydrogens is 352 g/mol. The SMILES string of the molecule is CCCCCCCCC(=O)OC1CCCCC1OC(=O)CCCCCCCC. The monoisotopic (exact) mass is 396 g/mol. The Hall–Kier alpha value is -1.06. The van der Waals surface area contributed by atoms with Crippen LogP contribution in [0.2, 0.25) is 0 Å². The third kappa shape index (κ3) is 12.4. The summed E-state index contributed by atoms with van der Waals surface area (Å²) in [4.78, 5) is 24.3. The molecule has 0 aliphatic heterocycles. The lowest BCUT2D eigenvalue weighted by atomic mass is 9.94. The number of hydrogen-bond donors (Lipinski definition) is 0. The van der Waals surface area contributed by atoms with Gasteiger partial charge in [-0.1, -0.05) is 78.1 Å². The molecule has 4 heteroatoms. The Bertz CT molecular complexity index is 369. The van der Waals surface area contributed by atoms with Crippen molar-refractivity contribution in [3.63, 3.8) is 0 Å². The summed E-state index contributed by atoms with van der Waals surface area (Å²) in [6.45, 7) is 4.41. The Morgan fingerprint density at radius 3 is 1.36 bits per heavy atom. The molecule has 2 unspecified atom stereocenters. The van der Waals surface area contributed by atoms with E-state index in [0.717, 1.165) is 51.4 Å². The van der Waals surface area contributed by atoms with Crippen molar-refractivity contribution in [1.29, 1.82) is 0 Å². The van der Waals surface area contributed by atoms with E-state index in [1.54, 1.807) is 0 Å². The van der Waals surface area contributed by atoms with Gasteiger partial charge in [0.15, 0.2) is 0 Å². The summed E-state index contributed by atoms with van der Waals surface area (Å²) >= 11 is 0. The molecule has 0 spiro atoms. The number of carbonyl (C=O) groups is 2. The van der Waals surface area contributed by atoms with Crippen LogP contribution in [0.4, 0.5) is 0 Å². The Kier molecular flexibility index (Phi) is 15.0. The van der Waals surface area contributed by atoms with Crippen molar-refractivity contribution in [2.45, 2.75) is 142 Å². The van der Waals surface area contributed by atoms with Gasteiger partial charge in [-0.05, 0) is 38.5 Å². The van der Waals surface area contributed by atoms with E-state index in [9.17, 15) is 9.59 Å². The summed E-state index contributed by atoms with van der Waals surface area (Å²) in [6.07, 6.45) is 18.1. The molecule has 1 fully saturated rings. The van der Waals surface area contributed by atoms with Crippen molar-refractivity contribution in [2.24, 2.45) is 0 Å². The molecule has 2 atom stereocenters. The average Bonchev–Trinajstić information content (AvgIpc) is 2.69. The van der Waals surface area contributed by atoms with Crippen LogP contribution in [-0.4, -0.2) is 24.1 Å². The molecule has 1 rings (SSSR count). The molecule has 1 saturated carbocycles. The van der Waals surface area contributed by atoms with Crippen LogP contribution in [0.25, 0.3) is 0 Å². The zero-order chi connectivity index (χ0) is 20.5. The number of ether oxygens (including phenoxy) is 2. The molecule has 1 aliphatic carbocycles. The zero-order valence-corrected chi connectivity index (χ0v) is 18.5. The van der Waals surface area contributed by atoms with Crippen molar-refractivity contribution < 1.29 is 19.1 Å².